The molecular formula is C22H20FN7O. The lowest BCUT2D eigenvalue weighted by Crippen LogP contribution is -2.15. The van der Waals surface area contributed by atoms with Gasteiger partial charge in [0.25, 0.3) is 0 Å². The summed E-state index contributed by atoms with van der Waals surface area (Å²) < 4.78 is 22.0. The first-order chi connectivity index (χ1) is 14.9. The van der Waals surface area contributed by atoms with Crippen molar-refractivity contribution >= 4 is 17.7 Å². The van der Waals surface area contributed by atoms with Crippen LogP contribution in [0.1, 0.15) is 29.8 Å². The average molecular weight is 417 g/mol. The quantitative estimate of drug-likeness (QED) is 0.586. The van der Waals surface area contributed by atoms with Gasteiger partial charge in [-0.15, -0.1) is 0 Å². The summed E-state index contributed by atoms with van der Waals surface area (Å²) in [7, 11) is 1.64. The van der Waals surface area contributed by atoms with Crippen LogP contribution in [0.25, 0.3) is 17.0 Å². The van der Waals surface area contributed by atoms with Gasteiger partial charge in [-0.3, -0.25) is 4.99 Å². The summed E-state index contributed by atoms with van der Waals surface area (Å²) in [6, 6.07) is 8.16. The summed E-state index contributed by atoms with van der Waals surface area (Å²) in [6.07, 6.45) is 4.17. The lowest BCUT2D eigenvalue weighted by molar-refractivity contribution is 0.227. The number of aliphatic imine (C=N–C) groups is 1. The third-order valence-electron chi connectivity index (χ3n) is 5.12. The van der Waals surface area contributed by atoms with Gasteiger partial charge in [0.15, 0.2) is 17.3 Å². The number of nitriles is 1. The van der Waals surface area contributed by atoms with E-state index >= 15 is 0 Å². The first kappa shape index (κ1) is 20.1. The number of anilines is 1. The largest absolute Gasteiger partial charge is 0.482 e. The van der Waals surface area contributed by atoms with Crippen LogP contribution in [0.15, 0.2) is 47.4 Å². The third kappa shape index (κ3) is 3.59. The Balaban J connectivity index is 2.05. The molecule has 0 radical (unpaired) electrons. The number of hydrogen-bond donors (Lipinski definition) is 2. The molecule has 0 fully saturated rings. The van der Waals surface area contributed by atoms with Gasteiger partial charge in [0.1, 0.15) is 18.0 Å². The van der Waals surface area contributed by atoms with Crippen molar-refractivity contribution < 1.29 is 9.13 Å². The number of benzene rings is 1. The number of ether oxygens (including phenoxy) is 1. The summed E-state index contributed by atoms with van der Waals surface area (Å²) in [5.41, 5.74) is 16.3. The molecule has 0 amide bonds. The van der Waals surface area contributed by atoms with Gasteiger partial charge in [-0.05, 0) is 31.2 Å². The number of nitrogen functional groups attached to an aromatic ring is 1. The van der Waals surface area contributed by atoms with Crippen LogP contribution in [0.4, 0.5) is 10.2 Å². The molecule has 4 N–H and O–H groups in total. The minimum atomic E-state index is -0.580. The number of nitrogens with two attached hydrogens (primary N) is 2. The van der Waals surface area contributed by atoms with Crippen molar-refractivity contribution in [2.45, 2.75) is 19.6 Å². The van der Waals surface area contributed by atoms with E-state index in [-0.39, 0.29) is 11.5 Å². The van der Waals surface area contributed by atoms with Crippen LogP contribution in [-0.4, -0.2) is 27.8 Å². The second kappa shape index (κ2) is 7.91. The molecule has 0 saturated heterocycles. The van der Waals surface area contributed by atoms with Gasteiger partial charge in [0.05, 0.1) is 18.6 Å². The molecule has 0 aliphatic carbocycles. The van der Waals surface area contributed by atoms with E-state index in [9.17, 15) is 9.65 Å². The molecule has 0 saturated carbocycles. The van der Waals surface area contributed by atoms with Crippen LogP contribution < -0.4 is 16.2 Å². The zero-order valence-corrected chi connectivity index (χ0v) is 17.0. The SMILES string of the molecule is CN=CC1=C(N)c2ccc(F)cc2[C@@H](C)Oc2cc(cnc2N)-c2c(C#N)ncn2C1. The zero-order valence-electron chi connectivity index (χ0n) is 17.0. The molecule has 156 valence electrons. The van der Waals surface area contributed by atoms with Crippen LogP contribution in [0.3, 0.4) is 0 Å². The molecule has 9 heteroatoms. The van der Waals surface area contributed by atoms with E-state index < -0.39 is 11.9 Å². The highest BCUT2D eigenvalue weighted by Crippen LogP contribution is 2.35. The van der Waals surface area contributed by atoms with Crippen LogP contribution in [0.2, 0.25) is 0 Å². The highest BCUT2D eigenvalue weighted by Gasteiger charge is 2.22. The van der Waals surface area contributed by atoms with Gasteiger partial charge < -0.3 is 20.8 Å². The first-order valence-corrected chi connectivity index (χ1v) is 9.51. The van der Waals surface area contributed by atoms with Gasteiger partial charge >= 0.3 is 0 Å². The first-order valence-electron chi connectivity index (χ1n) is 9.51. The van der Waals surface area contributed by atoms with Crippen molar-refractivity contribution in [1.82, 2.24) is 14.5 Å². The normalized spacial score (nSPS) is 16.0. The van der Waals surface area contributed by atoms with E-state index in [0.29, 0.717) is 45.9 Å². The zero-order chi connectivity index (χ0) is 22.1. The van der Waals surface area contributed by atoms with Gasteiger partial charge in [0, 0.05) is 47.4 Å². The van der Waals surface area contributed by atoms with E-state index in [4.69, 9.17) is 16.2 Å². The summed E-state index contributed by atoms with van der Waals surface area (Å²) >= 11 is 0. The Morgan fingerprint density at radius 3 is 2.87 bits per heavy atom. The fourth-order valence-corrected chi connectivity index (χ4v) is 3.64. The van der Waals surface area contributed by atoms with E-state index in [2.05, 4.69) is 21.0 Å². The summed E-state index contributed by atoms with van der Waals surface area (Å²) in [5, 5.41) is 9.58. The maximum atomic E-state index is 14.1. The second-order valence-electron chi connectivity index (χ2n) is 7.11. The van der Waals surface area contributed by atoms with Crippen molar-refractivity contribution in [3.63, 3.8) is 0 Å². The minimum Gasteiger partial charge on any atom is -0.482 e. The van der Waals surface area contributed by atoms with Gasteiger partial charge in [-0.1, -0.05) is 0 Å². The Kier molecular flexibility index (Phi) is 5.13. The molecule has 4 rings (SSSR count). The Morgan fingerprint density at radius 2 is 2.13 bits per heavy atom. The Hall–Kier alpha value is -4.19. The molecule has 1 aliphatic heterocycles. The minimum absolute atomic E-state index is 0.178. The van der Waals surface area contributed by atoms with Crippen molar-refractivity contribution in [3.8, 4) is 23.1 Å². The highest BCUT2D eigenvalue weighted by atomic mass is 19.1. The summed E-state index contributed by atoms with van der Waals surface area (Å²) in [5.74, 6) is 0.0861. The Bertz CT molecular complexity index is 1270. The van der Waals surface area contributed by atoms with Crippen LogP contribution in [0, 0.1) is 17.1 Å². The number of nitrogens with zero attached hydrogens (tertiary/aromatic N) is 5. The van der Waals surface area contributed by atoms with E-state index in [1.165, 1.54) is 12.1 Å². The van der Waals surface area contributed by atoms with Crippen molar-refractivity contribution in [2.24, 2.45) is 10.7 Å². The fourth-order valence-electron chi connectivity index (χ4n) is 3.64. The summed E-state index contributed by atoms with van der Waals surface area (Å²) in [4.78, 5) is 12.6. The number of rotatable bonds is 1. The maximum Gasteiger partial charge on any atom is 0.166 e. The predicted molar refractivity (Wildman–Crippen MR) is 116 cm³/mol. The molecule has 31 heavy (non-hydrogen) atoms. The molecule has 0 spiro atoms. The third-order valence-corrected chi connectivity index (χ3v) is 5.12. The monoisotopic (exact) mass is 417 g/mol. The molecule has 2 bridgehead atoms. The number of fused-ring (bicyclic) bond motifs is 5. The number of allylic oxidation sites excluding steroid dienone is 1. The lowest BCUT2D eigenvalue weighted by Gasteiger charge is -2.22. The average Bonchev–Trinajstić information content (AvgIpc) is 3.16. The van der Waals surface area contributed by atoms with Crippen molar-refractivity contribution in [3.05, 3.63) is 65.0 Å². The van der Waals surface area contributed by atoms with Crippen LogP contribution >= 0.6 is 0 Å². The highest BCUT2D eigenvalue weighted by molar-refractivity contribution is 5.90. The molecule has 8 nitrogen and oxygen atoms in total. The van der Waals surface area contributed by atoms with Crippen LogP contribution in [0.5, 0.6) is 5.75 Å². The number of imidazole rings is 1. The molecule has 3 aromatic rings. The smallest absolute Gasteiger partial charge is 0.166 e. The Labute approximate surface area is 178 Å². The fraction of sp³-hybridized carbons (Fsp3) is 0.182. The van der Waals surface area contributed by atoms with Gasteiger partial charge in [0.2, 0.25) is 0 Å². The van der Waals surface area contributed by atoms with E-state index in [1.807, 2.05) is 0 Å². The van der Waals surface area contributed by atoms with E-state index in [0.717, 1.165) is 0 Å². The summed E-state index contributed by atoms with van der Waals surface area (Å²) in [6.45, 7) is 2.07. The van der Waals surface area contributed by atoms with Crippen LogP contribution in [-0.2, 0) is 6.54 Å². The molecule has 1 aliphatic rings. The number of aromatic nitrogens is 3. The number of pyridine rings is 1. The molecular weight excluding hydrogens is 397 g/mol. The number of hydrogen-bond acceptors (Lipinski definition) is 7. The molecule has 0 unspecified atom stereocenters. The second-order valence-corrected chi connectivity index (χ2v) is 7.11. The molecule has 1 atom stereocenters. The van der Waals surface area contributed by atoms with Gasteiger partial charge in [-0.2, -0.15) is 5.26 Å². The maximum absolute atomic E-state index is 14.1. The Morgan fingerprint density at radius 1 is 1.32 bits per heavy atom. The van der Waals surface area contributed by atoms with Crippen molar-refractivity contribution in [1.29, 1.82) is 5.26 Å². The predicted octanol–water partition coefficient (Wildman–Crippen LogP) is 3.06. The molecule has 1 aromatic carbocycles. The standard InChI is InChI=1S/C22H20FN7O/c1-12-17-6-15(23)3-4-16(17)20(25)14(8-27-2)10-30-11-29-18(7-24)21(30)13-5-19(31-12)22(26)28-9-13/h3-6,8-9,11-12H,10,25H2,1-2H3,(H2,26,28)/t12-/m1/s1. The number of halogens is 1. The van der Waals surface area contributed by atoms with E-state index in [1.54, 1.807) is 49.4 Å². The molecule has 3 heterocycles. The molecule has 2 aromatic heterocycles. The lowest BCUT2D eigenvalue weighted by atomic mass is 9.97. The van der Waals surface area contributed by atoms with Crippen molar-refractivity contribution in [2.75, 3.05) is 12.8 Å². The van der Waals surface area contributed by atoms with Gasteiger partial charge in [-0.25, -0.2) is 14.4 Å². The topological polar surface area (TPSA) is 128 Å².